The van der Waals surface area contributed by atoms with Crippen LogP contribution < -0.4 is 14.2 Å². The predicted octanol–water partition coefficient (Wildman–Crippen LogP) is 7.71. The molecule has 0 amide bonds. The fraction of sp³-hybridized carbons (Fsp3) is 0.419. The Morgan fingerprint density at radius 1 is 0.963 bits per heavy atom. The maximum Gasteiger partial charge on any atom is 0.320 e. The lowest BCUT2D eigenvalue weighted by molar-refractivity contribution is -0.144. The van der Waals surface area contributed by atoms with Crippen LogP contribution in [-0.2, 0) is 24.6 Å². The molecule has 2 N–H and O–H groups in total. The Morgan fingerprint density at radius 3 is 2.50 bits per heavy atom. The normalized spacial score (nSPS) is 18.2. The minimum absolute atomic E-state index is 0.0281. The van der Waals surface area contributed by atoms with Crippen LogP contribution in [0.1, 0.15) is 72.4 Å². The van der Waals surface area contributed by atoms with Crippen LogP contribution in [0.5, 0.6) is 17.2 Å². The van der Waals surface area contributed by atoms with Gasteiger partial charge in [0.25, 0.3) is 0 Å². The van der Waals surface area contributed by atoms with E-state index in [4.69, 9.17) is 25.8 Å². The number of carboxylic acids is 1. The van der Waals surface area contributed by atoms with Crippen LogP contribution in [-0.4, -0.2) is 75.4 Å². The molecule has 11 heteroatoms. The molecule has 2 aliphatic heterocycles. The number of aliphatic hydroxyl groups excluding tert-OH is 1. The quantitative estimate of drug-likeness (QED) is 0.125. The molecule has 3 heterocycles. The number of carboxylic acid groups (broad SMARTS) is 1. The van der Waals surface area contributed by atoms with E-state index < -0.39 is 12.0 Å². The summed E-state index contributed by atoms with van der Waals surface area (Å²) in [7, 11) is 0. The van der Waals surface area contributed by atoms with E-state index in [2.05, 4.69) is 48.9 Å². The molecule has 2 saturated heterocycles. The molecular weight excluding hydrogens is 704 g/mol. The highest BCUT2D eigenvalue weighted by Crippen LogP contribution is 2.37. The van der Waals surface area contributed by atoms with E-state index in [9.17, 15) is 20.3 Å². The lowest BCUT2D eigenvalue weighted by Gasteiger charge is -2.33. The average molecular weight is 753 g/mol. The Hall–Kier alpha value is -4.66. The van der Waals surface area contributed by atoms with E-state index in [1.165, 1.54) is 6.20 Å². The summed E-state index contributed by atoms with van der Waals surface area (Å²) in [5, 5.41) is 29.5. The summed E-state index contributed by atoms with van der Waals surface area (Å²) in [4.78, 5) is 20.5. The van der Waals surface area contributed by atoms with Gasteiger partial charge in [0.15, 0.2) is 0 Å². The van der Waals surface area contributed by atoms with Gasteiger partial charge in [-0.1, -0.05) is 48.4 Å². The first kappa shape index (κ1) is 39.0. The van der Waals surface area contributed by atoms with Crippen LogP contribution in [0, 0.1) is 25.2 Å². The van der Waals surface area contributed by atoms with Gasteiger partial charge in [-0.15, -0.1) is 0 Å². The number of nitriles is 1. The number of carbonyl (C=O) groups is 1. The Balaban J connectivity index is 1.19. The number of aromatic nitrogens is 1. The van der Waals surface area contributed by atoms with Crippen LogP contribution in [0.3, 0.4) is 0 Å². The van der Waals surface area contributed by atoms with Gasteiger partial charge in [-0.05, 0) is 99.0 Å². The smallest absolute Gasteiger partial charge is 0.320 e. The lowest BCUT2D eigenvalue weighted by Crippen LogP contribution is -2.44. The second-order valence-corrected chi connectivity index (χ2v) is 14.9. The van der Waals surface area contributed by atoms with Crippen LogP contribution in [0.2, 0.25) is 5.02 Å². The van der Waals surface area contributed by atoms with Gasteiger partial charge in [0.1, 0.15) is 42.6 Å². The number of pyridine rings is 1. The number of hydrogen-bond donors (Lipinski definition) is 2. The molecule has 3 aromatic carbocycles. The van der Waals surface area contributed by atoms with Crippen molar-refractivity contribution >= 4 is 17.6 Å². The van der Waals surface area contributed by atoms with Crippen molar-refractivity contribution in [3.63, 3.8) is 0 Å². The SMILES string of the molecule is Cc1c(COc2cc(OCc3cncc(C#N)c3)c(CN3CCCCC3C(=O)O)cc2Cl)cccc1-c1cccc(OC(C)CCN2CCC(O)C2)c1C. The van der Waals surface area contributed by atoms with E-state index >= 15 is 0 Å². The molecule has 284 valence electrons. The monoisotopic (exact) mass is 752 g/mol. The van der Waals surface area contributed by atoms with E-state index in [-0.39, 0.29) is 25.4 Å². The van der Waals surface area contributed by atoms with Gasteiger partial charge in [-0.25, -0.2) is 0 Å². The van der Waals surface area contributed by atoms with Crippen molar-refractivity contribution in [2.24, 2.45) is 0 Å². The standard InChI is InChI=1S/C43H49ClN4O6/c1-28(13-16-47-17-14-35(49)25-47)54-40-12-7-10-37(30(40)3)36-9-6-8-33(29(36)2)27-53-42-20-41(52-26-32-18-31(21-45)22-46-23-32)34(19-38(42)44)24-48-15-5-4-11-39(48)43(50)51/h6-10,12,18-20,22-23,28,35,39,49H,4-5,11,13-17,24-27H2,1-3H3,(H,50,51). The van der Waals surface area contributed by atoms with Crippen molar-refractivity contribution in [1.29, 1.82) is 5.26 Å². The summed E-state index contributed by atoms with van der Waals surface area (Å²) in [5.74, 6) is 0.994. The third-order valence-electron chi connectivity index (χ3n) is 10.5. The fourth-order valence-corrected chi connectivity index (χ4v) is 7.63. The zero-order chi connectivity index (χ0) is 38.2. The van der Waals surface area contributed by atoms with Gasteiger partial charge in [0.2, 0.25) is 0 Å². The number of halogens is 1. The summed E-state index contributed by atoms with van der Waals surface area (Å²) in [5.41, 5.74) is 7.25. The number of β-amino-alcohol motifs (C(OH)–C–C–N with tert-alkyl or cyclic N) is 1. The molecule has 4 aromatic rings. The number of hydrogen-bond acceptors (Lipinski definition) is 9. The summed E-state index contributed by atoms with van der Waals surface area (Å²) in [6, 6.07) is 19.2. The largest absolute Gasteiger partial charge is 0.490 e. The van der Waals surface area contributed by atoms with E-state index in [1.54, 1.807) is 24.4 Å². The zero-order valence-electron chi connectivity index (χ0n) is 31.3. The molecule has 10 nitrogen and oxygen atoms in total. The number of nitrogens with zero attached hydrogens (tertiary/aromatic N) is 4. The number of benzene rings is 3. The molecule has 0 bridgehead atoms. The van der Waals surface area contributed by atoms with Gasteiger partial charge in [0, 0.05) is 55.8 Å². The lowest BCUT2D eigenvalue weighted by atomic mass is 9.93. The first-order chi connectivity index (χ1) is 26.1. The van der Waals surface area contributed by atoms with Crippen molar-refractivity contribution in [2.45, 2.75) is 90.9 Å². The van der Waals surface area contributed by atoms with E-state index in [0.717, 1.165) is 90.0 Å². The summed E-state index contributed by atoms with van der Waals surface area (Å²) < 4.78 is 19.1. The van der Waals surface area contributed by atoms with Crippen LogP contribution >= 0.6 is 11.6 Å². The number of aliphatic carboxylic acids is 1. The summed E-state index contributed by atoms with van der Waals surface area (Å²) in [6.07, 6.45) is 7.06. The van der Waals surface area contributed by atoms with E-state index in [1.807, 2.05) is 29.2 Å². The van der Waals surface area contributed by atoms with Crippen molar-refractivity contribution in [3.8, 4) is 34.4 Å². The minimum atomic E-state index is -0.834. The first-order valence-corrected chi connectivity index (χ1v) is 19.1. The molecule has 1 aromatic heterocycles. The van der Waals surface area contributed by atoms with Crippen LogP contribution in [0.4, 0.5) is 0 Å². The van der Waals surface area contributed by atoms with Gasteiger partial charge < -0.3 is 29.3 Å². The van der Waals surface area contributed by atoms with Crippen molar-refractivity contribution < 1.29 is 29.2 Å². The van der Waals surface area contributed by atoms with Crippen LogP contribution in [0.25, 0.3) is 11.1 Å². The second-order valence-electron chi connectivity index (χ2n) is 14.5. The molecule has 54 heavy (non-hydrogen) atoms. The predicted molar refractivity (Wildman–Crippen MR) is 208 cm³/mol. The van der Waals surface area contributed by atoms with Gasteiger partial charge in [-0.2, -0.15) is 5.26 Å². The minimum Gasteiger partial charge on any atom is -0.490 e. The van der Waals surface area contributed by atoms with Crippen molar-refractivity contribution in [2.75, 3.05) is 26.2 Å². The highest BCUT2D eigenvalue weighted by molar-refractivity contribution is 6.32. The van der Waals surface area contributed by atoms with E-state index in [0.29, 0.717) is 41.6 Å². The molecule has 3 unspecified atom stereocenters. The maximum atomic E-state index is 12.1. The molecule has 0 spiro atoms. The van der Waals surface area contributed by atoms with Gasteiger partial charge in [-0.3, -0.25) is 14.7 Å². The average Bonchev–Trinajstić information content (AvgIpc) is 3.59. The second kappa shape index (κ2) is 18.1. The number of likely N-dealkylation sites (tertiary alicyclic amines) is 2. The molecule has 2 fully saturated rings. The summed E-state index contributed by atoms with van der Waals surface area (Å²) >= 11 is 6.86. The third-order valence-corrected chi connectivity index (χ3v) is 10.8. The Morgan fingerprint density at radius 2 is 1.74 bits per heavy atom. The summed E-state index contributed by atoms with van der Waals surface area (Å²) in [6.45, 7) is 10.3. The molecule has 0 saturated carbocycles. The number of piperidine rings is 1. The highest BCUT2D eigenvalue weighted by Gasteiger charge is 2.29. The van der Waals surface area contributed by atoms with Crippen LogP contribution in [0.15, 0.2) is 67.0 Å². The molecule has 0 aliphatic carbocycles. The topological polar surface area (TPSA) is 128 Å². The molecular formula is C43H49ClN4O6. The molecule has 2 aliphatic rings. The molecule has 0 radical (unpaired) electrons. The van der Waals surface area contributed by atoms with Gasteiger partial charge >= 0.3 is 5.97 Å². The number of rotatable bonds is 15. The van der Waals surface area contributed by atoms with Crippen molar-refractivity contribution in [3.05, 3.63) is 105 Å². The molecule has 6 rings (SSSR count). The zero-order valence-corrected chi connectivity index (χ0v) is 32.0. The maximum absolute atomic E-state index is 12.1. The Labute approximate surface area is 322 Å². The number of ether oxygens (including phenoxy) is 3. The highest BCUT2D eigenvalue weighted by atomic mass is 35.5. The first-order valence-electron chi connectivity index (χ1n) is 18.7. The number of aliphatic hydroxyl groups is 1. The fourth-order valence-electron chi connectivity index (χ4n) is 7.39. The third kappa shape index (κ3) is 9.71. The van der Waals surface area contributed by atoms with Gasteiger partial charge in [0.05, 0.1) is 22.8 Å². The Bertz CT molecular complexity index is 1980. The van der Waals surface area contributed by atoms with Crippen molar-refractivity contribution in [1.82, 2.24) is 14.8 Å². The Kier molecular flexibility index (Phi) is 13.1. The molecule has 3 atom stereocenters.